The highest BCUT2D eigenvalue weighted by Crippen LogP contribution is 2.20. The van der Waals surface area contributed by atoms with Crippen molar-refractivity contribution >= 4 is 16.8 Å². The molecular weight excluding hydrogens is 252 g/mol. The van der Waals surface area contributed by atoms with Crippen LogP contribution in [0.2, 0.25) is 0 Å². The molecule has 1 amide bonds. The highest BCUT2D eigenvalue weighted by atomic mass is 16.2. The van der Waals surface area contributed by atoms with Crippen LogP contribution in [0.4, 0.5) is 0 Å². The summed E-state index contributed by atoms with van der Waals surface area (Å²) in [5.74, 6) is 0.148. The van der Waals surface area contributed by atoms with Gasteiger partial charge in [-0.2, -0.15) is 5.26 Å². The molecule has 1 aliphatic heterocycles. The Kier molecular flexibility index (Phi) is 3.40. The van der Waals surface area contributed by atoms with Crippen LogP contribution in [0.15, 0.2) is 24.4 Å². The Hall–Kier alpha value is -2.32. The van der Waals surface area contributed by atoms with Crippen LogP contribution in [-0.2, 0) is 11.2 Å². The first-order chi connectivity index (χ1) is 9.78. The number of carbonyl (C=O) groups is 1. The first-order valence-corrected chi connectivity index (χ1v) is 6.76. The lowest BCUT2D eigenvalue weighted by Gasteiger charge is -2.27. The molecule has 0 bridgehead atoms. The predicted octanol–water partition coefficient (Wildman–Crippen LogP) is 1.01. The maximum absolute atomic E-state index is 12.3. The van der Waals surface area contributed by atoms with Gasteiger partial charge >= 0.3 is 0 Å². The van der Waals surface area contributed by atoms with E-state index in [2.05, 4.69) is 16.4 Å². The molecule has 5 nitrogen and oxygen atoms in total. The number of rotatable bonds is 2. The molecule has 1 aliphatic rings. The molecule has 2 aromatic rings. The molecule has 0 aliphatic carbocycles. The molecule has 2 heterocycles. The molecule has 1 saturated heterocycles. The number of amides is 1. The van der Waals surface area contributed by atoms with Gasteiger partial charge in [-0.05, 0) is 23.8 Å². The van der Waals surface area contributed by atoms with Gasteiger partial charge in [-0.1, -0.05) is 0 Å². The highest BCUT2D eigenvalue weighted by molar-refractivity contribution is 5.89. The van der Waals surface area contributed by atoms with Crippen LogP contribution < -0.4 is 5.32 Å². The lowest BCUT2D eigenvalue weighted by atomic mass is 10.1. The van der Waals surface area contributed by atoms with Crippen LogP contribution in [0.25, 0.3) is 10.9 Å². The quantitative estimate of drug-likeness (QED) is 0.854. The number of nitriles is 1. The second kappa shape index (κ2) is 5.35. The fourth-order valence-electron chi connectivity index (χ4n) is 2.58. The van der Waals surface area contributed by atoms with E-state index < -0.39 is 0 Å². The molecule has 0 radical (unpaired) electrons. The van der Waals surface area contributed by atoms with Gasteiger partial charge in [0.05, 0.1) is 18.1 Å². The average Bonchev–Trinajstić information content (AvgIpc) is 2.90. The summed E-state index contributed by atoms with van der Waals surface area (Å²) in [4.78, 5) is 17.3. The van der Waals surface area contributed by atoms with Gasteiger partial charge in [0.1, 0.15) is 0 Å². The number of aromatic amines is 1. The number of hydrogen-bond donors (Lipinski definition) is 2. The molecule has 0 spiro atoms. The van der Waals surface area contributed by atoms with Gasteiger partial charge in [-0.15, -0.1) is 0 Å². The second-order valence-corrected chi connectivity index (χ2v) is 4.99. The van der Waals surface area contributed by atoms with Gasteiger partial charge in [0, 0.05) is 43.3 Å². The van der Waals surface area contributed by atoms with Crippen molar-refractivity contribution < 1.29 is 4.79 Å². The molecule has 102 valence electrons. The average molecular weight is 268 g/mol. The summed E-state index contributed by atoms with van der Waals surface area (Å²) >= 11 is 0. The van der Waals surface area contributed by atoms with E-state index >= 15 is 0 Å². The molecular formula is C15H16N4O. The van der Waals surface area contributed by atoms with E-state index in [1.807, 2.05) is 23.2 Å². The zero-order chi connectivity index (χ0) is 13.9. The fourth-order valence-corrected chi connectivity index (χ4v) is 2.58. The van der Waals surface area contributed by atoms with Crippen molar-refractivity contribution in [1.82, 2.24) is 15.2 Å². The molecule has 5 heteroatoms. The number of carbonyl (C=O) groups excluding carboxylic acids is 1. The van der Waals surface area contributed by atoms with E-state index in [-0.39, 0.29) is 5.91 Å². The molecule has 1 aromatic heterocycles. The number of piperazine rings is 1. The van der Waals surface area contributed by atoms with Crippen molar-refractivity contribution in [2.24, 2.45) is 0 Å². The van der Waals surface area contributed by atoms with Crippen LogP contribution in [0.5, 0.6) is 0 Å². The van der Waals surface area contributed by atoms with E-state index in [0.29, 0.717) is 12.0 Å². The summed E-state index contributed by atoms with van der Waals surface area (Å²) in [7, 11) is 0. The van der Waals surface area contributed by atoms with Gasteiger partial charge in [0.2, 0.25) is 5.91 Å². The maximum Gasteiger partial charge on any atom is 0.227 e. The van der Waals surface area contributed by atoms with Crippen LogP contribution in [0.3, 0.4) is 0 Å². The van der Waals surface area contributed by atoms with Crippen molar-refractivity contribution in [2.45, 2.75) is 6.42 Å². The number of nitrogens with one attached hydrogen (secondary N) is 2. The Labute approximate surface area is 117 Å². The molecule has 1 fully saturated rings. The maximum atomic E-state index is 12.3. The van der Waals surface area contributed by atoms with Crippen molar-refractivity contribution in [3.05, 3.63) is 35.5 Å². The summed E-state index contributed by atoms with van der Waals surface area (Å²) in [6, 6.07) is 7.63. The van der Waals surface area contributed by atoms with E-state index in [1.54, 1.807) is 6.07 Å². The standard InChI is InChI=1S/C15H16N4O/c16-9-11-1-2-14-13(7-11)12(10-18-14)8-15(20)19-5-3-17-4-6-19/h1-2,7,10,17-18H,3-6,8H2. The summed E-state index contributed by atoms with van der Waals surface area (Å²) in [6.07, 6.45) is 2.25. The van der Waals surface area contributed by atoms with Crippen molar-refractivity contribution in [3.63, 3.8) is 0 Å². The zero-order valence-corrected chi connectivity index (χ0v) is 11.1. The Bertz CT molecular complexity index is 677. The largest absolute Gasteiger partial charge is 0.361 e. The number of H-pyrrole nitrogens is 1. The molecule has 0 saturated carbocycles. The minimum absolute atomic E-state index is 0.148. The third-order valence-corrected chi connectivity index (χ3v) is 3.71. The summed E-state index contributed by atoms with van der Waals surface area (Å²) in [5, 5.41) is 13.2. The Morgan fingerprint density at radius 1 is 1.35 bits per heavy atom. The molecule has 0 unspecified atom stereocenters. The van der Waals surface area contributed by atoms with Gasteiger partial charge < -0.3 is 15.2 Å². The number of fused-ring (bicyclic) bond motifs is 1. The Morgan fingerprint density at radius 3 is 2.90 bits per heavy atom. The minimum atomic E-state index is 0.148. The Morgan fingerprint density at radius 2 is 2.15 bits per heavy atom. The summed E-state index contributed by atoms with van der Waals surface area (Å²) in [5.41, 5.74) is 2.54. The van der Waals surface area contributed by atoms with E-state index in [4.69, 9.17) is 5.26 Å². The van der Waals surface area contributed by atoms with Gasteiger partial charge in [0.25, 0.3) is 0 Å². The number of aromatic nitrogens is 1. The summed E-state index contributed by atoms with van der Waals surface area (Å²) < 4.78 is 0. The summed E-state index contributed by atoms with van der Waals surface area (Å²) in [6.45, 7) is 3.26. The Balaban J connectivity index is 1.83. The molecule has 3 rings (SSSR count). The zero-order valence-electron chi connectivity index (χ0n) is 11.1. The van der Waals surface area contributed by atoms with Gasteiger partial charge in [0.15, 0.2) is 0 Å². The van der Waals surface area contributed by atoms with E-state index in [1.165, 1.54) is 0 Å². The number of benzene rings is 1. The van der Waals surface area contributed by atoms with Crippen LogP contribution >= 0.6 is 0 Å². The normalized spacial score (nSPS) is 15.2. The van der Waals surface area contributed by atoms with E-state index in [0.717, 1.165) is 42.6 Å². The molecule has 20 heavy (non-hydrogen) atoms. The predicted molar refractivity (Wildman–Crippen MR) is 76.2 cm³/mol. The third kappa shape index (κ3) is 2.38. The fraction of sp³-hybridized carbons (Fsp3) is 0.333. The van der Waals surface area contributed by atoms with Crippen molar-refractivity contribution in [3.8, 4) is 6.07 Å². The lowest BCUT2D eigenvalue weighted by molar-refractivity contribution is -0.131. The SMILES string of the molecule is N#Cc1ccc2[nH]cc(CC(=O)N3CCNCC3)c2c1. The first kappa shape index (κ1) is 12.7. The van der Waals surface area contributed by atoms with Crippen molar-refractivity contribution in [1.29, 1.82) is 5.26 Å². The number of hydrogen-bond acceptors (Lipinski definition) is 3. The molecule has 1 aromatic carbocycles. The van der Waals surface area contributed by atoms with Crippen LogP contribution in [-0.4, -0.2) is 42.0 Å². The third-order valence-electron chi connectivity index (χ3n) is 3.71. The smallest absolute Gasteiger partial charge is 0.227 e. The monoisotopic (exact) mass is 268 g/mol. The van der Waals surface area contributed by atoms with Gasteiger partial charge in [-0.25, -0.2) is 0 Å². The van der Waals surface area contributed by atoms with E-state index in [9.17, 15) is 4.79 Å². The van der Waals surface area contributed by atoms with Crippen LogP contribution in [0, 0.1) is 11.3 Å². The topological polar surface area (TPSA) is 71.9 Å². The van der Waals surface area contributed by atoms with Gasteiger partial charge in [-0.3, -0.25) is 4.79 Å². The number of nitrogens with zero attached hydrogens (tertiary/aromatic N) is 2. The minimum Gasteiger partial charge on any atom is -0.361 e. The second-order valence-electron chi connectivity index (χ2n) is 4.99. The van der Waals surface area contributed by atoms with Crippen molar-refractivity contribution in [2.75, 3.05) is 26.2 Å². The van der Waals surface area contributed by atoms with Crippen LogP contribution in [0.1, 0.15) is 11.1 Å². The first-order valence-electron chi connectivity index (χ1n) is 6.76. The highest BCUT2D eigenvalue weighted by Gasteiger charge is 2.17. The molecule has 2 N–H and O–H groups in total. The lowest BCUT2D eigenvalue weighted by Crippen LogP contribution is -2.46. The molecule has 0 atom stereocenters.